The molecule has 1 aromatic carbocycles. The number of hydrogen-bond acceptors (Lipinski definition) is 7. The highest BCUT2D eigenvalue weighted by atomic mass is 35.5. The van der Waals surface area contributed by atoms with E-state index in [1.54, 1.807) is 18.2 Å². The van der Waals surface area contributed by atoms with Gasteiger partial charge in [0.1, 0.15) is 11.6 Å². The van der Waals surface area contributed by atoms with Gasteiger partial charge in [0.25, 0.3) is 5.91 Å². The molecule has 2 aromatic heterocycles. The van der Waals surface area contributed by atoms with E-state index in [0.717, 1.165) is 17.6 Å². The van der Waals surface area contributed by atoms with Gasteiger partial charge in [-0.1, -0.05) is 34.5 Å². The summed E-state index contributed by atoms with van der Waals surface area (Å²) in [5.74, 6) is -0.729. The van der Waals surface area contributed by atoms with Crippen LogP contribution in [0.5, 0.6) is 0 Å². The highest BCUT2D eigenvalue weighted by Gasteiger charge is 2.19. The summed E-state index contributed by atoms with van der Waals surface area (Å²) in [6, 6.07) is 8.81. The minimum absolute atomic E-state index is 0.0232. The lowest BCUT2D eigenvalue weighted by Gasteiger charge is -2.12. The first-order valence-corrected chi connectivity index (χ1v) is 12.1. The van der Waals surface area contributed by atoms with Crippen LogP contribution in [0.15, 0.2) is 34.2 Å². The van der Waals surface area contributed by atoms with E-state index in [-0.39, 0.29) is 15.0 Å². The smallest absolute Gasteiger partial charge is 0.268 e. The number of hydrogen-bond donors (Lipinski definition) is 1. The third-order valence-electron chi connectivity index (χ3n) is 4.23. The first kappa shape index (κ1) is 23.0. The molecule has 0 radical (unpaired) electrons. The van der Waals surface area contributed by atoms with Gasteiger partial charge in [-0.3, -0.25) is 10.1 Å². The summed E-state index contributed by atoms with van der Waals surface area (Å²) in [6.07, 6.45) is 2.43. The lowest BCUT2D eigenvalue weighted by Crippen LogP contribution is -2.13. The maximum atomic E-state index is 12.5. The Balaban J connectivity index is 1.93. The van der Waals surface area contributed by atoms with E-state index in [9.17, 15) is 18.5 Å². The molecule has 0 aliphatic carbocycles. The van der Waals surface area contributed by atoms with Crippen LogP contribution in [0.25, 0.3) is 11.8 Å². The molecule has 31 heavy (non-hydrogen) atoms. The van der Waals surface area contributed by atoms with Crippen molar-refractivity contribution in [2.45, 2.75) is 18.2 Å². The molecule has 1 N–H and O–H groups in total. The van der Waals surface area contributed by atoms with Crippen LogP contribution in [-0.4, -0.2) is 35.3 Å². The fourth-order valence-corrected chi connectivity index (χ4v) is 4.84. The highest BCUT2D eigenvalue weighted by molar-refractivity contribution is 7.92. The van der Waals surface area contributed by atoms with Crippen LogP contribution >= 0.6 is 34.5 Å². The van der Waals surface area contributed by atoms with Gasteiger partial charge < -0.3 is 4.57 Å². The van der Waals surface area contributed by atoms with Crippen LogP contribution in [0, 0.1) is 25.2 Å². The number of aromatic nitrogens is 3. The third kappa shape index (κ3) is 4.97. The van der Waals surface area contributed by atoms with Crippen LogP contribution in [-0.2, 0) is 14.6 Å². The average molecular weight is 496 g/mol. The van der Waals surface area contributed by atoms with Crippen molar-refractivity contribution >= 4 is 61.5 Å². The van der Waals surface area contributed by atoms with E-state index in [2.05, 4.69) is 15.5 Å². The lowest BCUT2D eigenvalue weighted by atomic mass is 10.1. The average Bonchev–Trinajstić information content (AvgIpc) is 3.25. The fraction of sp³-hybridized carbons (Fsp3) is 0.158. The molecule has 0 aliphatic rings. The second-order valence-electron chi connectivity index (χ2n) is 6.53. The van der Waals surface area contributed by atoms with Gasteiger partial charge in [0.15, 0.2) is 0 Å². The van der Waals surface area contributed by atoms with Crippen molar-refractivity contribution in [3.8, 4) is 11.8 Å². The standard InChI is InChI=1S/C19H15Cl2N5O3S2/c1-10-6-12(11(2)26(10)16-5-4-14(20)8-15(16)21)7-13(9-22)17(27)23-18-24-25-19(30-18)31(3,28)29/h4-8H,1-3H3,(H,23,24,27). The zero-order valence-electron chi connectivity index (χ0n) is 16.5. The van der Waals surface area contributed by atoms with Gasteiger partial charge in [0.05, 0.1) is 10.7 Å². The number of rotatable bonds is 5. The Bertz CT molecular complexity index is 1370. The predicted molar refractivity (Wildman–Crippen MR) is 121 cm³/mol. The number of anilines is 1. The molecule has 0 unspecified atom stereocenters. The van der Waals surface area contributed by atoms with Crippen LogP contribution in [0.4, 0.5) is 5.13 Å². The maximum Gasteiger partial charge on any atom is 0.268 e. The van der Waals surface area contributed by atoms with Crippen molar-refractivity contribution < 1.29 is 13.2 Å². The van der Waals surface area contributed by atoms with Crippen LogP contribution < -0.4 is 5.32 Å². The summed E-state index contributed by atoms with van der Waals surface area (Å²) < 4.78 is 24.7. The van der Waals surface area contributed by atoms with E-state index >= 15 is 0 Å². The number of nitriles is 1. The molecule has 0 bridgehead atoms. The van der Waals surface area contributed by atoms with E-state index in [1.165, 1.54) is 6.08 Å². The summed E-state index contributed by atoms with van der Waals surface area (Å²) in [4.78, 5) is 12.5. The molecule has 160 valence electrons. The molecular formula is C19H15Cl2N5O3S2. The normalized spacial score (nSPS) is 11.9. The largest absolute Gasteiger partial charge is 0.316 e. The second-order valence-corrected chi connectivity index (χ2v) is 10.5. The van der Waals surface area contributed by atoms with Gasteiger partial charge >= 0.3 is 0 Å². The number of benzene rings is 1. The molecule has 0 saturated carbocycles. The Morgan fingerprint density at radius 1 is 1.26 bits per heavy atom. The quantitative estimate of drug-likeness (QED) is 0.321. The number of amides is 1. The Labute approximate surface area is 192 Å². The molecule has 0 aliphatic heterocycles. The van der Waals surface area contributed by atoms with Crippen molar-refractivity contribution in [3.05, 3.63) is 56.8 Å². The van der Waals surface area contributed by atoms with Gasteiger partial charge in [0.2, 0.25) is 19.3 Å². The molecule has 0 fully saturated rings. The first-order chi connectivity index (χ1) is 14.5. The van der Waals surface area contributed by atoms with Gasteiger partial charge in [0, 0.05) is 22.7 Å². The molecule has 0 atom stereocenters. The van der Waals surface area contributed by atoms with Crippen LogP contribution in [0.2, 0.25) is 10.0 Å². The summed E-state index contributed by atoms with van der Waals surface area (Å²) in [6.45, 7) is 3.70. The minimum Gasteiger partial charge on any atom is -0.316 e. The van der Waals surface area contributed by atoms with Crippen molar-refractivity contribution in [1.82, 2.24) is 14.8 Å². The van der Waals surface area contributed by atoms with E-state index in [0.29, 0.717) is 32.6 Å². The summed E-state index contributed by atoms with van der Waals surface area (Å²) in [5, 5.41) is 20.0. The van der Waals surface area contributed by atoms with Gasteiger partial charge in [-0.2, -0.15) is 5.26 Å². The number of sulfone groups is 1. The molecule has 12 heteroatoms. The highest BCUT2D eigenvalue weighted by Crippen LogP contribution is 2.29. The van der Waals surface area contributed by atoms with E-state index in [1.807, 2.05) is 30.6 Å². The Morgan fingerprint density at radius 2 is 1.97 bits per heavy atom. The number of carbonyl (C=O) groups excluding carboxylic acids is 1. The van der Waals surface area contributed by atoms with Crippen molar-refractivity contribution in [3.63, 3.8) is 0 Å². The zero-order valence-corrected chi connectivity index (χ0v) is 19.6. The minimum atomic E-state index is -3.54. The van der Waals surface area contributed by atoms with Crippen molar-refractivity contribution in [2.24, 2.45) is 0 Å². The van der Waals surface area contributed by atoms with Crippen LogP contribution in [0.1, 0.15) is 17.0 Å². The van der Waals surface area contributed by atoms with E-state index < -0.39 is 15.7 Å². The molecule has 0 spiro atoms. The second kappa shape index (κ2) is 8.80. The molecule has 3 aromatic rings. The Morgan fingerprint density at radius 3 is 2.55 bits per heavy atom. The molecular weight excluding hydrogens is 481 g/mol. The Hall–Kier alpha value is -2.71. The fourth-order valence-electron chi connectivity index (χ4n) is 2.85. The topological polar surface area (TPSA) is 118 Å². The summed E-state index contributed by atoms with van der Waals surface area (Å²) in [5.41, 5.74) is 2.78. The predicted octanol–water partition coefficient (Wildman–Crippen LogP) is 4.20. The zero-order chi connectivity index (χ0) is 22.9. The molecule has 1 amide bonds. The number of aryl methyl sites for hydroxylation is 1. The van der Waals surface area contributed by atoms with Crippen LogP contribution in [0.3, 0.4) is 0 Å². The number of nitrogens with one attached hydrogen (secondary N) is 1. The monoisotopic (exact) mass is 495 g/mol. The number of halogens is 2. The SMILES string of the molecule is Cc1cc(C=C(C#N)C(=O)Nc2nnc(S(C)(=O)=O)s2)c(C)n1-c1ccc(Cl)cc1Cl. The van der Waals surface area contributed by atoms with Gasteiger partial charge in [-0.05, 0) is 49.8 Å². The van der Waals surface area contributed by atoms with Crippen molar-refractivity contribution in [1.29, 1.82) is 5.26 Å². The summed E-state index contributed by atoms with van der Waals surface area (Å²) >= 11 is 13.0. The Kier molecular flexibility index (Phi) is 6.52. The lowest BCUT2D eigenvalue weighted by molar-refractivity contribution is -0.112. The number of nitrogens with zero attached hydrogens (tertiary/aromatic N) is 4. The maximum absolute atomic E-state index is 12.5. The number of carbonyl (C=O) groups is 1. The van der Waals surface area contributed by atoms with E-state index in [4.69, 9.17) is 23.2 Å². The molecule has 8 nitrogen and oxygen atoms in total. The molecule has 3 rings (SSSR count). The summed E-state index contributed by atoms with van der Waals surface area (Å²) in [7, 11) is -3.54. The van der Waals surface area contributed by atoms with Gasteiger partial charge in [-0.25, -0.2) is 8.42 Å². The molecule has 0 saturated heterocycles. The van der Waals surface area contributed by atoms with Crippen molar-refractivity contribution in [2.75, 3.05) is 11.6 Å². The molecule has 2 heterocycles. The first-order valence-electron chi connectivity index (χ1n) is 8.62. The third-order valence-corrected chi connectivity index (χ3v) is 7.28. The van der Waals surface area contributed by atoms with Gasteiger partial charge in [-0.15, -0.1) is 10.2 Å².